The average molecular weight is 308 g/mol. The molecule has 0 saturated heterocycles. The molecule has 0 radical (unpaired) electrons. The van der Waals surface area contributed by atoms with Gasteiger partial charge in [-0.05, 0) is 46.9 Å². The van der Waals surface area contributed by atoms with E-state index < -0.39 is 0 Å². The predicted octanol–water partition coefficient (Wildman–Crippen LogP) is 4.71. The Morgan fingerprint density at radius 3 is 2.13 bits per heavy atom. The molecule has 0 saturated carbocycles. The molecule has 0 unspecified atom stereocenters. The lowest BCUT2D eigenvalue weighted by Gasteiger charge is -1.95. The third kappa shape index (κ3) is 2.86. The zero-order chi connectivity index (χ0) is 10.5. The van der Waals surface area contributed by atoms with E-state index in [1.165, 1.54) is 0 Å². The van der Waals surface area contributed by atoms with Gasteiger partial charge in [0.2, 0.25) is 0 Å². The van der Waals surface area contributed by atoms with Gasteiger partial charge in [-0.15, -0.1) is 5.11 Å². The first-order valence-corrected chi connectivity index (χ1v) is 5.65. The van der Waals surface area contributed by atoms with E-state index in [2.05, 4.69) is 32.8 Å². The average Bonchev–Trinajstić information content (AvgIpc) is 2.29. The van der Waals surface area contributed by atoms with Crippen LogP contribution in [0.15, 0.2) is 64.8 Å². The number of rotatable bonds is 2. The predicted molar refractivity (Wildman–Crippen MR) is 69.8 cm³/mol. The molecule has 0 bridgehead atoms. The maximum absolute atomic E-state index is 4.19. The molecule has 0 aromatic heterocycles. The van der Waals surface area contributed by atoms with E-state index in [1.807, 2.05) is 54.6 Å². The largest absolute Gasteiger partial charge is 0.151 e. The molecule has 0 N–H and O–H groups in total. The summed E-state index contributed by atoms with van der Waals surface area (Å²) in [6.07, 6.45) is 0. The van der Waals surface area contributed by atoms with Crippen molar-refractivity contribution >= 4 is 34.0 Å². The Balaban J connectivity index is 2.23. The number of nitrogens with zero attached hydrogens (tertiary/aromatic N) is 2. The highest BCUT2D eigenvalue weighted by molar-refractivity contribution is 14.1. The molecular formula is C12H9IN2. The molecule has 0 amide bonds. The summed E-state index contributed by atoms with van der Waals surface area (Å²) in [5.74, 6) is 0. The molecule has 3 heteroatoms. The van der Waals surface area contributed by atoms with E-state index in [4.69, 9.17) is 0 Å². The first-order valence-electron chi connectivity index (χ1n) is 4.57. The Labute approximate surface area is 102 Å². The molecule has 2 nitrogen and oxygen atoms in total. The SMILES string of the molecule is Ic1ccccc1N=Nc1ccccc1. The zero-order valence-electron chi connectivity index (χ0n) is 7.97. The number of hydrogen-bond acceptors (Lipinski definition) is 2. The van der Waals surface area contributed by atoms with E-state index in [1.54, 1.807) is 0 Å². The number of halogens is 1. The van der Waals surface area contributed by atoms with Crippen molar-refractivity contribution in [3.05, 3.63) is 58.2 Å². The second kappa shape index (κ2) is 5.02. The molecular weight excluding hydrogens is 299 g/mol. The molecule has 0 aliphatic carbocycles. The maximum Gasteiger partial charge on any atom is 0.0990 e. The molecule has 0 aliphatic heterocycles. The van der Waals surface area contributed by atoms with Gasteiger partial charge in [0.15, 0.2) is 0 Å². The first kappa shape index (κ1) is 10.3. The van der Waals surface area contributed by atoms with Gasteiger partial charge in [0.05, 0.1) is 11.4 Å². The summed E-state index contributed by atoms with van der Waals surface area (Å²) in [6, 6.07) is 17.6. The molecule has 0 fully saturated rings. The third-order valence-electron chi connectivity index (χ3n) is 1.88. The molecule has 15 heavy (non-hydrogen) atoms. The summed E-state index contributed by atoms with van der Waals surface area (Å²) in [5, 5.41) is 8.35. The monoisotopic (exact) mass is 308 g/mol. The van der Waals surface area contributed by atoms with Crippen molar-refractivity contribution in [1.82, 2.24) is 0 Å². The highest BCUT2D eigenvalue weighted by Crippen LogP contribution is 2.22. The highest BCUT2D eigenvalue weighted by atomic mass is 127. The van der Waals surface area contributed by atoms with Crippen LogP contribution in [0.1, 0.15) is 0 Å². The Hall–Kier alpha value is -1.23. The summed E-state index contributed by atoms with van der Waals surface area (Å²) < 4.78 is 1.11. The molecule has 0 aliphatic rings. The molecule has 74 valence electrons. The Kier molecular flexibility index (Phi) is 3.45. The van der Waals surface area contributed by atoms with Crippen LogP contribution in [0, 0.1) is 3.57 Å². The standard InChI is InChI=1S/C12H9IN2/c13-11-8-4-5-9-12(11)15-14-10-6-2-1-3-7-10/h1-9H. The van der Waals surface area contributed by atoms with Gasteiger partial charge < -0.3 is 0 Å². The van der Waals surface area contributed by atoms with Gasteiger partial charge in [0.25, 0.3) is 0 Å². The van der Waals surface area contributed by atoms with E-state index in [0.717, 1.165) is 14.9 Å². The van der Waals surface area contributed by atoms with E-state index in [-0.39, 0.29) is 0 Å². The Morgan fingerprint density at radius 1 is 0.733 bits per heavy atom. The van der Waals surface area contributed by atoms with E-state index >= 15 is 0 Å². The van der Waals surface area contributed by atoms with Crippen molar-refractivity contribution in [2.45, 2.75) is 0 Å². The van der Waals surface area contributed by atoms with Gasteiger partial charge in [-0.2, -0.15) is 5.11 Å². The van der Waals surface area contributed by atoms with Gasteiger partial charge in [0, 0.05) is 3.57 Å². The number of azo groups is 1. The van der Waals surface area contributed by atoms with Gasteiger partial charge >= 0.3 is 0 Å². The fourth-order valence-corrected chi connectivity index (χ4v) is 1.63. The minimum absolute atomic E-state index is 0.872. The van der Waals surface area contributed by atoms with Crippen LogP contribution in [0.5, 0.6) is 0 Å². The highest BCUT2D eigenvalue weighted by Gasteiger charge is 1.94. The zero-order valence-corrected chi connectivity index (χ0v) is 10.1. The lowest BCUT2D eigenvalue weighted by atomic mass is 10.3. The topological polar surface area (TPSA) is 24.7 Å². The lowest BCUT2D eigenvalue weighted by molar-refractivity contribution is 1.22. The van der Waals surface area contributed by atoms with Crippen molar-refractivity contribution in [2.24, 2.45) is 10.2 Å². The van der Waals surface area contributed by atoms with Crippen LogP contribution < -0.4 is 0 Å². The summed E-state index contributed by atoms with van der Waals surface area (Å²) in [6.45, 7) is 0. The quantitative estimate of drug-likeness (QED) is 0.567. The minimum atomic E-state index is 0.872. The van der Waals surface area contributed by atoms with Crippen molar-refractivity contribution < 1.29 is 0 Å². The van der Waals surface area contributed by atoms with Gasteiger partial charge in [-0.1, -0.05) is 30.3 Å². The summed E-state index contributed by atoms with van der Waals surface area (Å²) in [5.41, 5.74) is 1.78. The van der Waals surface area contributed by atoms with Gasteiger partial charge in [-0.3, -0.25) is 0 Å². The molecule has 0 atom stereocenters. The fourth-order valence-electron chi connectivity index (χ4n) is 1.14. The van der Waals surface area contributed by atoms with Crippen LogP contribution in [0.4, 0.5) is 11.4 Å². The minimum Gasteiger partial charge on any atom is -0.151 e. The second-order valence-electron chi connectivity index (χ2n) is 2.99. The van der Waals surface area contributed by atoms with Gasteiger partial charge in [0.1, 0.15) is 0 Å². The molecule has 2 rings (SSSR count). The summed E-state index contributed by atoms with van der Waals surface area (Å²) in [7, 11) is 0. The molecule has 2 aromatic carbocycles. The van der Waals surface area contributed by atoms with Gasteiger partial charge in [-0.25, -0.2) is 0 Å². The molecule has 0 spiro atoms. The van der Waals surface area contributed by atoms with Crippen LogP contribution >= 0.6 is 22.6 Å². The van der Waals surface area contributed by atoms with Crippen LogP contribution in [0.3, 0.4) is 0 Å². The smallest absolute Gasteiger partial charge is 0.0990 e. The summed E-state index contributed by atoms with van der Waals surface area (Å²) in [4.78, 5) is 0. The number of hydrogen-bond donors (Lipinski definition) is 0. The number of benzene rings is 2. The Bertz CT molecular complexity index is 466. The van der Waals surface area contributed by atoms with Crippen LogP contribution in [-0.4, -0.2) is 0 Å². The van der Waals surface area contributed by atoms with Crippen molar-refractivity contribution in [3.8, 4) is 0 Å². The Morgan fingerprint density at radius 2 is 1.40 bits per heavy atom. The van der Waals surface area contributed by atoms with E-state index in [0.29, 0.717) is 0 Å². The summed E-state index contributed by atoms with van der Waals surface area (Å²) >= 11 is 2.25. The molecule has 0 heterocycles. The van der Waals surface area contributed by atoms with Crippen LogP contribution in [0.25, 0.3) is 0 Å². The third-order valence-corrected chi connectivity index (χ3v) is 2.79. The lowest BCUT2D eigenvalue weighted by Crippen LogP contribution is -1.70. The second-order valence-corrected chi connectivity index (χ2v) is 4.15. The first-order chi connectivity index (χ1) is 7.36. The van der Waals surface area contributed by atoms with Crippen molar-refractivity contribution in [2.75, 3.05) is 0 Å². The van der Waals surface area contributed by atoms with Crippen LogP contribution in [-0.2, 0) is 0 Å². The fraction of sp³-hybridized carbons (Fsp3) is 0. The van der Waals surface area contributed by atoms with Crippen molar-refractivity contribution in [1.29, 1.82) is 0 Å². The maximum atomic E-state index is 4.19. The van der Waals surface area contributed by atoms with E-state index in [9.17, 15) is 0 Å². The van der Waals surface area contributed by atoms with Crippen molar-refractivity contribution in [3.63, 3.8) is 0 Å². The van der Waals surface area contributed by atoms with Crippen LogP contribution in [0.2, 0.25) is 0 Å². The molecule has 2 aromatic rings. The normalized spacial score (nSPS) is 10.7.